The molecule has 1 amide bonds. The quantitative estimate of drug-likeness (QED) is 0.588. The summed E-state index contributed by atoms with van der Waals surface area (Å²) in [5, 5.41) is 9.06. The van der Waals surface area contributed by atoms with E-state index in [0.717, 1.165) is 10.5 Å². The third-order valence-corrected chi connectivity index (χ3v) is 5.95. The molecule has 2 aromatic rings. The first-order valence-corrected chi connectivity index (χ1v) is 10.9. The van der Waals surface area contributed by atoms with Crippen molar-refractivity contribution in [2.45, 2.75) is 50.2 Å². The molecule has 6 nitrogen and oxygen atoms in total. The summed E-state index contributed by atoms with van der Waals surface area (Å²) < 4.78 is 46.4. The van der Waals surface area contributed by atoms with E-state index in [1.54, 1.807) is 24.3 Å². The number of hydrogen-bond donors (Lipinski definition) is 0. The second-order valence-corrected chi connectivity index (χ2v) is 8.42. The Balaban J connectivity index is 1.39. The van der Waals surface area contributed by atoms with Crippen molar-refractivity contribution >= 4 is 17.8 Å². The number of carbonyl (C=O) groups excluding carboxylic acids is 2. The molecule has 0 radical (unpaired) electrons. The maximum Gasteiger partial charge on any atom is 0.268 e. The number of nitrogens with zero attached hydrogens (tertiary/aromatic N) is 3. The van der Waals surface area contributed by atoms with Gasteiger partial charge in [0.15, 0.2) is 5.78 Å². The number of amides is 1. The zero-order chi connectivity index (χ0) is 24.3. The molecule has 2 aliphatic rings. The number of nitriles is 1. The predicted molar refractivity (Wildman–Crippen MR) is 117 cm³/mol. The fourth-order valence-electron chi connectivity index (χ4n) is 4.21. The zero-order valence-corrected chi connectivity index (χ0v) is 18.2. The van der Waals surface area contributed by atoms with E-state index in [4.69, 9.17) is 10.00 Å². The number of fused-ring (bicyclic) bond motifs is 1. The van der Waals surface area contributed by atoms with Crippen LogP contribution in [0, 0.1) is 17.1 Å². The molecule has 1 unspecified atom stereocenters. The number of hydrogen-bond acceptors (Lipinski definition) is 5. The Hall–Kier alpha value is -3.67. The molecule has 176 valence electrons. The van der Waals surface area contributed by atoms with Gasteiger partial charge < -0.3 is 9.64 Å². The van der Waals surface area contributed by atoms with Gasteiger partial charge in [-0.25, -0.2) is 13.2 Å². The number of aryl methyl sites for hydroxylation is 1. The fraction of sp³-hybridized carbons (Fsp3) is 0.360. The summed E-state index contributed by atoms with van der Waals surface area (Å²) >= 11 is 0. The summed E-state index contributed by atoms with van der Waals surface area (Å²) in [7, 11) is 0. The third kappa shape index (κ3) is 5.28. The first-order chi connectivity index (χ1) is 16.3. The summed E-state index contributed by atoms with van der Waals surface area (Å²) in [6.07, 6.45) is 6.40. The lowest BCUT2D eigenvalue weighted by atomic mass is 9.99. The number of alkyl halides is 2. The maximum atomic E-state index is 13.6. The van der Waals surface area contributed by atoms with E-state index >= 15 is 0 Å². The average Bonchev–Trinajstić information content (AvgIpc) is 3.15. The van der Waals surface area contributed by atoms with E-state index < -0.39 is 30.8 Å². The standard InChI is InChI=1S/C25H22F3N3O3/c26-18-3-7-23-16(11-18)1-4-20(34-23)5-2-17-14-30-10-9-21(17)22(32)6-8-24(33)31-15-25(27,28)12-19(31)13-29/h2-3,5,7,9-11,14,19-20H,1,4,6,8,12,15H2/b5-2+/t19-,20?/m0/s1. The molecular weight excluding hydrogens is 447 g/mol. The van der Waals surface area contributed by atoms with Gasteiger partial charge in [0.1, 0.15) is 23.7 Å². The fourth-order valence-corrected chi connectivity index (χ4v) is 4.21. The van der Waals surface area contributed by atoms with Crippen molar-refractivity contribution in [1.29, 1.82) is 5.26 Å². The number of benzene rings is 1. The van der Waals surface area contributed by atoms with Gasteiger partial charge in [-0.05, 0) is 48.7 Å². The minimum Gasteiger partial charge on any atom is -0.486 e. The topological polar surface area (TPSA) is 83.3 Å². The van der Waals surface area contributed by atoms with Gasteiger partial charge in [0.2, 0.25) is 5.91 Å². The zero-order valence-electron chi connectivity index (χ0n) is 18.2. The highest BCUT2D eigenvalue weighted by Gasteiger charge is 2.47. The van der Waals surface area contributed by atoms with E-state index in [2.05, 4.69) is 4.98 Å². The number of ketones is 1. The van der Waals surface area contributed by atoms with Crippen molar-refractivity contribution in [2.75, 3.05) is 6.54 Å². The van der Waals surface area contributed by atoms with Crippen molar-refractivity contribution < 1.29 is 27.5 Å². The monoisotopic (exact) mass is 469 g/mol. The number of Topliss-reactive ketones (excluding diaryl/α,β-unsaturated/α-hetero) is 1. The molecule has 9 heteroatoms. The van der Waals surface area contributed by atoms with Crippen molar-refractivity contribution in [3.8, 4) is 11.8 Å². The van der Waals surface area contributed by atoms with E-state index in [0.29, 0.717) is 29.7 Å². The first kappa shape index (κ1) is 23.5. The molecule has 0 aliphatic carbocycles. The number of carbonyl (C=O) groups is 2. The van der Waals surface area contributed by atoms with Crippen molar-refractivity contribution in [2.24, 2.45) is 0 Å². The van der Waals surface area contributed by atoms with Crippen molar-refractivity contribution in [3.63, 3.8) is 0 Å². The number of likely N-dealkylation sites (tertiary alicyclic amines) is 1. The average molecular weight is 469 g/mol. The maximum absolute atomic E-state index is 13.6. The highest BCUT2D eigenvalue weighted by molar-refractivity contribution is 6.00. The molecule has 0 spiro atoms. The lowest BCUT2D eigenvalue weighted by molar-refractivity contribution is -0.132. The van der Waals surface area contributed by atoms with Crippen LogP contribution in [0.15, 0.2) is 42.7 Å². The van der Waals surface area contributed by atoms with Crippen LogP contribution >= 0.6 is 0 Å². The van der Waals surface area contributed by atoms with Crippen LogP contribution in [-0.4, -0.2) is 46.2 Å². The molecule has 1 aromatic heterocycles. The van der Waals surface area contributed by atoms with Crippen molar-refractivity contribution in [1.82, 2.24) is 9.88 Å². The predicted octanol–water partition coefficient (Wildman–Crippen LogP) is 4.35. The van der Waals surface area contributed by atoms with Crippen LogP contribution in [0.5, 0.6) is 5.75 Å². The number of pyridine rings is 1. The Bertz CT molecular complexity index is 1180. The minimum absolute atomic E-state index is 0.178. The van der Waals surface area contributed by atoms with Crippen LogP contribution in [-0.2, 0) is 11.2 Å². The summed E-state index contributed by atoms with van der Waals surface area (Å²) in [5.41, 5.74) is 1.69. The SMILES string of the molecule is N#C[C@@H]1CC(F)(F)CN1C(=O)CCC(=O)c1ccncc1/C=C/C1CCc2cc(F)ccc2O1. The van der Waals surface area contributed by atoms with Gasteiger partial charge in [0.05, 0.1) is 12.6 Å². The second-order valence-electron chi connectivity index (χ2n) is 8.42. The number of halogens is 3. The molecule has 0 bridgehead atoms. The van der Waals surface area contributed by atoms with Gasteiger partial charge in [0, 0.05) is 42.8 Å². The molecule has 0 N–H and O–H groups in total. The van der Waals surface area contributed by atoms with Crippen LogP contribution in [0.4, 0.5) is 13.2 Å². The largest absolute Gasteiger partial charge is 0.486 e. The van der Waals surface area contributed by atoms with Gasteiger partial charge in [-0.1, -0.05) is 6.08 Å². The van der Waals surface area contributed by atoms with E-state index in [-0.39, 0.29) is 30.5 Å². The minimum atomic E-state index is -3.10. The molecule has 1 aromatic carbocycles. The summed E-state index contributed by atoms with van der Waals surface area (Å²) in [5.74, 6) is -3.77. The molecule has 34 heavy (non-hydrogen) atoms. The van der Waals surface area contributed by atoms with Gasteiger partial charge in [-0.15, -0.1) is 0 Å². The Morgan fingerprint density at radius 3 is 2.91 bits per heavy atom. The van der Waals surface area contributed by atoms with Gasteiger partial charge >= 0.3 is 0 Å². The smallest absolute Gasteiger partial charge is 0.268 e. The van der Waals surface area contributed by atoms with Gasteiger partial charge in [-0.3, -0.25) is 14.6 Å². The third-order valence-electron chi connectivity index (χ3n) is 5.95. The summed E-state index contributed by atoms with van der Waals surface area (Å²) in [6.45, 7) is -0.807. The number of aromatic nitrogens is 1. The normalized spacial score (nSPS) is 21.1. The second kappa shape index (κ2) is 9.67. The Morgan fingerprint density at radius 2 is 2.12 bits per heavy atom. The van der Waals surface area contributed by atoms with Crippen LogP contribution in [0.2, 0.25) is 0 Å². The Labute approximate surface area is 194 Å². The van der Waals surface area contributed by atoms with E-state index in [1.165, 1.54) is 30.6 Å². The molecule has 0 saturated carbocycles. The summed E-state index contributed by atoms with van der Waals surface area (Å²) in [4.78, 5) is 30.1. The molecule has 2 atom stereocenters. The van der Waals surface area contributed by atoms with E-state index in [1.807, 2.05) is 0 Å². The number of rotatable bonds is 6. The van der Waals surface area contributed by atoms with Gasteiger partial charge in [-0.2, -0.15) is 5.26 Å². The molecule has 1 saturated heterocycles. The number of ether oxygens (including phenoxy) is 1. The van der Waals surface area contributed by atoms with Crippen LogP contribution in [0.25, 0.3) is 6.08 Å². The summed E-state index contributed by atoms with van der Waals surface area (Å²) in [6, 6.07) is 6.46. The van der Waals surface area contributed by atoms with Crippen LogP contribution < -0.4 is 4.74 Å². The lowest BCUT2D eigenvalue weighted by Gasteiger charge is -2.23. The van der Waals surface area contributed by atoms with Gasteiger partial charge in [0.25, 0.3) is 5.92 Å². The van der Waals surface area contributed by atoms with Crippen LogP contribution in [0.3, 0.4) is 0 Å². The molecule has 1 fully saturated rings. The highest BCUT2D eigenvalue weighted by atomic mass is 19.3. The first-order valence-electron chi connectivity index (χ1n) is 10.9. The van der Waals surface area contributed by atoms with E-state index in [9.17, 15) is 22.8 Å². The lowest BCUT2D eigenvalue weighted by Crippen LogP contribution is -2.36. The molecule has 2 aliphatic heterocycles. The Morgan fingerprint density at radius 1 is 1.29 bits per heavy atom. The molecular formula is C25H22F3N3O3. The molecule has 4 rings (SSSR count). The van der Waals surface area contributed by atoms with Crippen LogP contribution in [0.1, 0.15) is 47.2 Å². The Kier molecular flexibility index (Phi) is 6.68. The molecule has 3 heterocycles. The van der Waals surface area contributed by atoms with Crippen molar-refractivity contribution in [3.05, 3.63) is 65.2 Å². The highest BCUT2D eigenvalue weighted by Crippen LogP contribution is 2.32.